The van der Waals surface area contributed by atoms with Crippen molar-refractivity contribution in [3.8, 4) is 68.5 Å². The molecule has 0 unspecified atom stereocenters. The topological polar surface area (TPSA) is 211 Å². The molecule has 0 spiro atoms. The number of hydrogen-bond acceptors (Lipinski definition) is 9. The maximum absolute atomic E-state index is 12.1. The zero-order valence-electron chi connectivity index (χ0n) is 74.6. The zero-order valence-corrected chi connectivity index (χ0v) is 81.8. The minimum absolute atomic E-state index is 0. The predicted molar refractivity (Wildman–Crippen MR) is 498 cm³/mol. The second-order valence-corrected chi connectivity index (χ2v) is 29.9. The van der Waals surface area contributed by atoms with Crippen molar-refractivity contribution < 1.29 is 101 Å². The Balaban J connectivity index is 0.000000130. The Kier molecular flexibility index (Phi) is 34.3. The molecule has 0 fully saturated rings. The summed E-state index contributed by atoms with van der Waals surface area (Å²) in [6, 6.07) is 110. The van der Waals surface area contributed by atoms with Gasteiger partial charge in [-0.1, -0.05) is 168 Å². The molecule has 24 aromatic rings. The number of nitrogens with zero attached hydrogens (tertiary/aromatic N) is 24. The van der Waals surface area contributed by atoms with Gasteiger partial charge in [0.2, 0.25) is 38.0 Å². The first-order chi connectivity index (χ1) is 65.5. The fourth-order valence-corrected chi connectivity index (χ4v) is 13.9. The van der Waals surface area contributed by atoms with E-state index in [-0.39, 0.29) is 71.8 Å². The molecule has 12 heterocycles. The summed E-state index contributed by atoms with van der Waals surface area (Å²) in [6.45, 7) is 1.80. The molecule has 0 saturated carbocycles. The first-order valence-corrected chi connectivity index (χ1v) is 42.0. The van der Waals surface area contributed by atoms with Crippen LogP contribution in [0.2, 0.25) is 0 Å². The molecule has 137 heavy (non-hydrogen) atoms. The van der Waals surface area contributed by atoms with Gasteiger partial charge in [0, 0.05) is 159 Å². The Morgan fingerprint density at radius 3 is 0.752 bits per heavy atom. The number of fused-ring (bicyclic) bond motifs is 6. The molecule has 12 aromatic carbocycles. The van der Waals surface area contributed by atoms with E-state index < -0.39 is 12.0 Å². The molecule has 0 atom stereocenters. The van der Waals surface area contributed by atoms with Crippen molar-refractivity contribution in [1.29, 1.82) is 0 Å². The SMILES string of the molecule is C[n+]1[c-]n(-c2[c-]ccc3ccccc23)cc1.C[n+]1[c-]n(-c2[c-]ccc3ccccc23)cc1.C[n+]1[c-]n(-c2[c-]ccc3ccccc23)cc1.C[n+]1[c-]n(-c2[c-]ccc3ccccc23)cc1.C[n+]1[c-]n(-c2[c-]ccc3ccccc23)cc1.C[n+]1[c-]n(-c2[c-]ccc3ccccc23)cc1.Cc1n[n-]c(-c2ccccn2)n1.FC(F)(F)c1n[n-]c(-c2ccccn2)n1.[Ir].[Ir].[Ir].c1ccc(-c2cnn[n-]2)nc1. The molecule has 0 N–H and O–H groups in total. The van der Waals surface area contributed by atoms with Crippen LogP contribution in [0, 0.1) is 81.3 Å². The molecular weight excluding hydrogens is 2250 g/mol. The quantitative estimate of drug-likeness (QED) is 0.0976. The first kappa shape index (κ1) is 98.6. The number of hydrogen-bond donors (Lipinski definition) is 0. The van der Waals surface area contributed by atoms with Crippen molar-refractivity contribution in [2.75, 3.05) is 0 Å². The second-order valence-electron chi connectivity index (χ2n) is 29.9. The molecule has 0 amide bonds. The van der Waals surface area contributed by atoms with E-state index in [2.05, 4.69) is 244 Å². The van der Waals surface area contributed by atoms with E-state index in [1.807, 2.05) is 317 Å². The van der Waals surface area contributed by atoms with Crippen LogP contribution < -0.4 is 42.7 Å². The van der Waals surface area contributed by atoms with E-state index in [9.17, 15) is 13.2 Å². The second kappa shape index (κ2) is 47.6. The molecule has 12 aromatic heterocycles. The largest absolute Gasteiger partial charge is 0.429 e. The van der Waals surface area contributed by atoms with Crippen LogP contribution in [0.1, 0.15) is 11.6 Å². The number of pyridine rings is 3. The first-order valence-electron chi connectivity index (χ1n) is 42.0. The average Bonchev–Trinajstić information content (AvgIpc) is 1.85. The van der Waals surface area contributed by atoms with Gasteiger partial charge in [0.1, 0.15) is 5.82 Å². The predicted octanol–water partition coefficient (Wildman–Crippen LogP) is 15.1. The third-order valence-corrected chi connectivity index (χ3v) is 20.2. The summed E-state index contributed by atoms with van der Waals surface area (Å²) in [4.78, 5) is 19.3. The molecule has 0 aliphatic heterocycles. The fourth-order valence-electron chi connectivity index (χ4n) is 13.9. The standard InChI is InChI=1S/6C14H11N2.C8H4F3N4.C8H7N4.C7H5N4.3Ir/c6*1-15-9-10-16(11-15)14-8-4-6-12-5-2-3-7-13(12)14;9-8(10,11)7-13-6(14-15-7)5-3-1-2-4-12-5;1-6-10-8(12-11-6)7-4-2-3-5-9-7;1-2-4-8-6(3-1)7-5-9-11-10-7;;;/h6*2-7,9-10H,1H3;1-4H;2-5H,1H3;1-5H;;;/q9*-1;;;. The van der Waals surface area contributed by atoms with Crippen LogP contribution in [0.3, 0.4) is 0 Å². The number of aromatic nitrogens is 24. The van der Waals surface area contributed by atoms with E-state index in [0.29, 0.717) is 17.3 Å². The molecule has 24 rings (SSSR count). The van der Waals surface area contributed by atoms with Crippen LogP contribution in [-0.4, -0.2) is 72.8 Å². The zero-order chi connectivity index (χ0) is 92.5. The van der Waals surface area contributed by atoms with Gasteiger partial charge in [-0.3, -0.25) is 30.4 Å². The number of halogens is 3. The van der Waals surface area contributed by atoms with Crippen molar-refractivity contribution in [3.05, 3.63) is 458 Å². The fraction of sp³-hybridized carbons (Fsp3) is 0.0748. The summed E-state index contributed by atoms with van der Waals surface area (Å²) in [7, 11) is 11.8. The van der Waals surface area contributed by atoms with E-state index in [0.717, 1.165) is 45.5 Å². The summed E-state index contributed by atoms with van der Waals surface area (Å²) in [5.74, 6) is -0.102. The van der Waals surface area contributed by atoms with Gasteiger partial charge in [-0.05, 0) is 60.7 Å². The van der Waals surface area contributed by atoms with Crippen molar-refractivity contribution in [1.82, 2.24) is 88.1 Å². The average molecular weight is 2340 g/mol. The van der Waals surface area contributed by atoms with Crippen LogP contribution in [0.4, 0.5) is 13.2 Å². The van der Waals surface area contributed by atoms with Crippen LogP contribution in [0.15, 0.2) is 372 Å². The smallest absolute Gasteiger partial charge is 0.421 e. The summed E-state index contributed by atoms with van der Waals surface area (Å²) in [5, 5.41) is 39.2. The summed E-state index contributed by atoms with van der Waals surface area (Å²) < 4.78 is 59.5. The molecule has 0 aliphatic carbocycles. The number of benzene rings is 12. The van der Waals surface area contributed by atoms with Gasteiger partial charge in [-0.2, -0.15) is 122 Å². The third kappa shape index (κ3) is 25.7. The van der Waals surface area contributed by atoms with Gasteiger partial charge in [-0.25, -0.2) is 0 Å². The van der Waals surface area contributed by atoms with Crippen molar-refractivity contribution in [3.63, 3.8) is 0 Å². The molecule has 0 saturated heterocycles. The van der Waals surface area contributed by atoms with Gasteiger partial charge >= 0.3 is 6.18 Å². The monoisotopic (exact) mass is 2340 g/mol. The van der Waals surface area contributed by atoms with Crippen molar-refractivity contribution in [2.45, 2.75) is 13.1 Å². The normalized spacial score (nSPS) is 10.5. The van der Waals surface area contributed by atoms with E-state index in [1.165, 1.54) is 76.9 Å². The number of aryl methyl sites for hydroxylation is 7. The van der Waals surface area contributed by atoms with Gasteiger partial charge in [0.15, 0.2) is 0 Å². The van der Waals surface area contributed by atoms with Gasteiger partial charge in [0.25, 0.3) is 0 Å². The van der Waals surface area contributed by atoms with Gasteiger partial charge in [-0.15, -0.1) is 101 Å². The van der Waals surface area contributed by atoms with Crippen LogP contribution in [-0.2, 0) is 109 Å². The van der Waals surface area contributed by atoms with Gasteiger partial charge in [0.05, 0.1) is 59.4 Å². The minimum atomic E-state index is -4.57. The number of alkyl halides is 3. The maximum atomic E-state index is 12.1. The molecule has 687 valence electrons. The Bertz CT molecular complexity index is 6980. The van der Waals surface area contributed by atoms with Crippen LogP contribution >= 0.6 is 0 Å². The molecule has 30 heteroatoms. The molecule has 0 bridgehead atoms. The molecule has 3 radical (unpaired) electrons. The van der Waals surface area contributed by atoms with E-state index in [4.69, 9.17) is 0 Å². The number of imidazole rings is 6. The van der Waals surface area contributed by atoms with E-state index in [1.54, 1.807) is 37.6 Å². The van der Waals surface area contributed by atoms with Gasteiger partial charge < -0.3 is 85.2 Å². The Hall–Kier alpha value is -15.9. The summed E-state index contributed by atoms with van der Waals surface area (Å²) >= 11 is 0. The van der Waals surface area contributed by atoms with E-state index >= 15 is 0 Å². The Morgan fingerprint density at radius 2 is 0.540 bits per heavy atom. The van der Waals surface area contributed by atoms with Crippen LogP contribution in [0.25, 0.3) is 133 Å². The summed E-state index contributed by atoms with van der Waals surface area (Å²) in [5.41, 5.74) is 8.79. The molecule has 24 nitrogen and oxygen atoms in total. The molecular formula is C107H82F3Ir3N24-9. The summed E-state index contributed by atoms with van der Waals surface area (Å²) in [6.07, 6.45) is 44.7. The Morgan fingerprint density at radius 1 is 0.292 bits per heavy atom. The van der Waals surface area contributed by atoms with Crippen LogP contribution in [0.5, 0.6) is 0 Å². The molecule has 0 aliphatic rings. The van der Waals surface area contributed by atoms with Crippen molar-refractivity contribution in [2.24, 2.45) is 42.3 Å². The van der Waals surface area contributed by atoms with Crippen molar-refractivity contribution >= 4 is 64.6 Å². The third-order valence-electron chi connectivity index (χ3n) is 20.2. The maximum Gasteiger partial charge on any atom is 0.429 e. The Labute approximate surface area is 829 Å². The number of rotatable bonds is 9. The minimum Gasteiger partial charge on any atom is -0.421 e.